The molecule has 0 bridgehead atoms. The molecule has 176 valence electrons. The van der Waals surface area contributed by atoms with Crippen LogP contribution in [-0.2, 0) is 6.54 Å². The van der Waals surface area contributed by atoms with Crippen molar-refractivity contribution in [2.75, 3.05) is 13.1 Å². The van der Waals surface area contributed by atoms with Crippen LogP contribution < -0.4 is 5.32 Å². The highest BCUT2D eigenvalue weighted by Gasteiger charge is 2.31. The largest absolute Gasteiger partial charge is 0.299 e. The molecule has 6 nitrogen and oxygen atoms in total. The zero-order chi connectivity index (χ0) is 23.9. The van der Waals surface area contributed by atoms with Gasteiger partial charge in [0.25, 0.3) is 5.91 Å². The summed E-state index contributed by atoms with van der Waals surface area (Å²) in [5.74, 6) is 0.0172. The van der Waals surface area contributed by atoms with Gasteiger partial charge < -0.3 is 0 Å². The Balaban J connectivity index is 1.45. The quantitative estimate of drug-likeness (QED) is 0.346. The number of aromatic nitrogens is 1. The second kappa shape index (κ2) is 11.7. The van der Waals surface area contributed by atoms with E-state index in [4.69, 9.17) is 28.6 Å². The fourth-order valence-corrected chi connectivity index (χ4v) is 5.22. The number of pyridine rings is 1. The maximum atomic E-state index is 13.3. The van der Waals surface area contributed by atoms with Crippen LogP contribution in [0.4, 0.5) is 5.69 Å². The average molecular weight is 515 g/mol. The average Bonchev–Trinajstić information content (AvgIpc) is 3.38. The Labute approximate surface area is 213 Å². The molecule has 1 aliphatic rings. The van der Waals surface area contributed by atoms with Crippen LogP contribution in [0.3, 0.4) is 0 Å². The Morgan fingerprint density at radius 1 is 1.15 bits per heavy atom. The summed E-state index contributed by atoms with van der Waals surface area (Å²) in [6.07, 6.45) is 7.99. The summed E-state index contributed by atoms with van der Waals surface area (Å²) in [6, 6.07) is 14.0. The Hall–Kier alpha value is -2.55. The fraction of sp³-hybridized carbons (Fsp3) is 0.240. The van der Waals surface area contributed by atoms with Gasteiger partial charge in [-0.05, 0) is 29.9 Å². The molecule has 0 aliphatic carbocycles. The molecule has 3 aromatic rings. The fourth-order valence-electron chi connectivity index (χ4n) is 4.06. The van der Waals surface area contributed by atoms with Crippen molar-refractivity contribution in [1.29, 1.82) is 5.41 Å². The van der Waals surface area contributed by atoms with E-state index in [-0.39, 0.29) is 17.8 Å². The number of carbonyl (C=O) groups excluding carboxylic acids is 1. The van der Waals surface area contributed by atoms with Gasteiger partial charge in [-0.3, -0.25) is 30.3 Å². The number of likely N-dealkylation sites (tertiary alicyclic amines) is 1. The standard InChI is InChI=1S/C25H25Cl2N5OS/c26-20-15-29-16-21(27)24(20)30-11-8-23(28)32(25(33)22-7-4-14-34-22)19-9-12-31(13-10-19)17-18-5-2-1-3-6-18/h1-8,11,14-16,19,28H,9-10,12-13,17H2,(H,29,30)/p+1/b11-8-,28-23?. The van der Waals surface area contributed by atoms with E-state index >= 15 is 0 Å². The van der Waals surface area contributed by atoms with Gasteiger partial charge in [0, 0.05) is 31.8 Å². The van der Waals surface area contributed by atoms with Gasteiger partial charge in [-0.2, -0.15) is 0 Å². The van der Waals surface area contributed by atoms with Crippen molar-refractivity contribution >= 4 is 52.0 Å². The molecule has 0 radical (unpaired) electrons. The maximum absolute atomic E-state index is 13.3. The molecular weight excluding hydrogens is 489 g/mol. The molecule has 3 N–H and O–H groups in total. The van der Waals surface area contributed by atoms with E-state index in [2.05, 4.69) is 34.1 Å². The number of halogens is 2. The molecule has 1 saturated heterocycles. The first-order valence-electron chi connectivity index (χ1n) is 11.0. The van der Waals surface area contributed by atoms with Crippen LogP contribution in [0.25, 0.3) is 0 Å². The molecule has 2 aromatic heterocycles. The van der Waals surface area contributed by atoms with Gasteiger partial charge in [0.2, 0.25) is 0 Å². The van der Waals surface area contributed by atoms with E-state index in [0.717, 1.165) is 32.5 Å². The van der Waals surface area contributed by atoms with Crippen LogP contribution in [0.5, 0.6) is 0 Å². The Bertz CT molecular complexity index is 1130. The molecule has 4 rings (SSSR count). The first kappa shape index (κ1) is 24.6. The number of amides is 1. The summed E-state index contributed by atoms with van der Waals surface area (Å²) in [5.41, 5.74) is 1.92. The number of rotatable bonds is 7. The minimum Gasteiger partial charge on any atom is -0.299 e. The van der Waals surface area contributed by atoms with Gasteiger partial charge in [-0.25, -0.2) is 0 Å². The molecular formula is C25H26Cl2N5OS+. The zero-order valence-corrected chi connectivity index (χ0v) is 20.9. The topological polar surface area (TPSA) is 76.9 Å². The van der Waals surface area contributed by atoms with Gasteiger partial charge in [-0.1, -0.05) is 59.6 Å². The van der Waals surface area contributed by atoms with Gasteiger partial charge in [0.05, 0.1) is 17.3 Å². The van der Waals surface area contributed by atoms with E-state index in [1.54, 1.807) is 22.5 Å². The molecule has 0 saturated carbocycles. The summed E-state index contributed by atoms with van der Waals surface area (Å²) < 4.78 is 0. The first-order valence-corrected chi connectivity index (χ1v) is 12.7. The normalized spacial score (nSPS) is 15.0. The van der Waals surface area contributed by atoms with Crippen LogP contribution in [-0.4, -0.2) is 45.7 Å². The van der Waals surface area contributed by atoms with Gasteiger partial charge in [0.1, 0.15) is 22.1 Å². The van der Waals surface area contributed by atoms with Crippen LogP contribution in [0, 0.1) is 5.41 Å². The summed E-state index contributed by atoms with van der Waals surface area (Å²) in [4.78, 5) is 22.0. The third kappa shape index (κ3) is 6.11. The lowest BCUT2D eigenvalue weighted by molar-refractivity contribution is -0.496. The minimum atomic E-state index is -0.133. The molecule has 0 atom stereocenters. The highest BCUT2D eigenvalue weighted by Crippen LogP contribution is 2.24. The van der Waals surface area contributed by atoms with E-state index in [0.29, 0.717) is 20.6 Å². The van der Waals surface area contributed by atoms with Crippen molar-refractivity contribution in [1.82, 2.24) is 14.8 Å². The Morgan fingerprint density at radius 3 is 2.50 bits per heavy atom. The number of hydrogen-bond donors (Lipinski definition) is 2. The highest BCUT2D eigenvalue weighted by atomic mass is 35.5. The van der Waals surface area contributed by atoms with Crippen molar-refractivity contribution in [3.8, 4) is 0 Å². The minimum absolute atomic E-state index is 0.0353. The molecule has 3 heterocycles. The smallest absolute Gasteiger partial charge is 0.269 e. The molecule has 0 spiro atoms. The second-order valence-corrected chi connectivity index (χ2v) is 9.84. The van der Waals surface area contributed by atoms with Crippen molar-refractivity contribution in [3.63, 3.8) is 0 Å². The predicted octanol–water partition coefficient (Wildman–Crippen LogP) is 4.94. The lowest BCUT2D eigenvalue weighted by Gasteiger charge is -2.38. The summed E-state index contributed by atoms with van der Waals surface area (Å²) >= 11 is 13.8. The molecule has 34 heavy (non-hydrogen) atoms. The monoisotopic (exact) mass is 514 g/mol. The van der Waals surface area contributed by atoms with E-state index in [1.165, 1.54) is 29.3 Å². The number of hydrogen-bond acceptors (Lipinski definition) is 5. The van der Waals surface area contributed by atoms with Crippen molar-refractivity contribution in [3.05, 3.63) is 93.0 Å². The van der Waals surface area contributed by atoms with Crippen molar-refractivity contribution in [2.24, 2.45) is 0 Å². The summed E-state index contributed by atoms with van der Waals surface area (Å²) in [6.45, 7) is 2.64. The van der Waals surface area contributed by atoms with Gasteiger partial charge >= 0.3 is 0 Å². The van der Waals surface area contributed by atoms with Crippen LogP contribution in [0.2, 0.25) is 10.0 Å². The Morgan fingerprint density at radius 2 is 1.85 bits per heavy atom. The number of benzene rings is 1. The van der Waals surface area contributed by atoms with Crippen molar-refractivity contribution in [2.45, 2.75) is 25.4 Å². The van der Waals surface area contributed by atoms with E-state index in [9.17, 15) is 4.79 Å². The molecule has 1 fully saturated rings. The van der Waals surface area contributed by atoms with Crippen molar-refractivity contribution < 1.29 is 10.1 Å². The lowest BCUT2D eigenvalue weighted by Crippen LogP contribution is -2.71. The SMILES string of the molecule is N=C(/C=C\[NH2+]c1c(Cl)cncc1Cl)N(C(=O)c1cccs1)C1CCN(Cc2ccccc2)CC1. The Kier molecular flexibility index (Phi) is 8.48. The molecule has 1 amide bonds. The number of thiophene rings is 1. The lowest BCUT2D eigenvalue weighted by atomic mass is 10.0. The summed E-state index contributed by atoms with van der Waals surface area (Å²) in [5, 5.41) is 13.2. The first-order chi connectivity index (χ1) is 16.5. The number of carbonyl (C=O) groups is 1. The third-order valence-electron chi connectivity index (χ3n) is 5.79. The van der Waals surface area contributed by atoms with Crippen LogP contribution >= 0.6 is 34.5 Å². The zero-order valence-electron chi connectivity index (χ0n) is 18.5. The second-order valence-electron chi connectivity index (χ2n) is 8.07. The van der Waals surface area contributed by atoms with E-state index in [1.807, 2.05) is 23.6 Å². The molecule has 0 unspecified atom stereocenters. The number of amidine groups is 1. The number of piperidine rings is 1. The van der Waals surface area contributed by atoms with E-state index < -0.39 is 0 Å². The predicted molar refractivity (Wildman–Crippen MR) is 138 cm³/mol. The molecule has 9 heteroatoms. The van der Waals surface area contributed by atoms with Gasteiger partial charge in [0.15, 0.2) is 5.69 Å². The summed E-state index contributed by atoms with van der Waals surface area (Å²) in [7, 11) is 0. The number of nitrogens with zero attached hydrogens (tertiary/aromatic N) is 3. The van der Waals surface area contributed by atoms with Gasteiger partial charge in [-0.15, -0.1) is 11.3 Å². The highest BCUT2D eigenvalue weighted by molar-refractivity contribution is 7.12. The third-order valence-corrected chi connectivity index (χ3v) is 7.25. The number of nitrogens with one attached hydrogen (secondary N) is 1. The van der Waals surface area contributed by atoms with Crippen LogP contribution in [0.1, 0.15) is 28.1 Å². The number of quaternary nitrogens is 1. The van der Waals surface area contributed by atoms with Crippen LogP contribution in [0.15, 0.2) is 72.5 Å². The maximum Gasteiger partial charge on any atom is 0.269 e. The molecule has 1 aromatic carbocycles. The molecule has 1 aliphatic heterocycles. The number of nitrogens with two attached hydrogens (primary N) is 1.